The minimum Gasteiger partial charge on any atom is -0.436 e. The molecule has 0 spiro atoms. The summed E-state index contributed by atoms with van der Waals surface area (Å²) in [5, 5.41) is 9.34. The van der Waals surface area contributed by atoms with Crippen molar-refractivity contribution >= 4 is 74.9 Å². The van der Waals surface area contributed by atoms with E-state index in [1.807, 2.05) is 66.7 Å². The van der Waals surface area contributed by atoms with Crippen LogP contribution in [0.3, 0.4) is 0 Å². The highest BCUT2D eigenvalue weighted by atomic mass is 32.1. The molecule has 0 saturated carbocycles. The Labute approximate surface area is 301 Å². The lowest BCUT2D eigenvalue weighted by atomic mass is 9.99. The summed E-state index contributed by atoms with van der Waals surface area (Å²) >= 11 is 1.78. The molecule has 11 aromatic rings. The van der Waals surface area contributed by atoms with Crippen LogP contribution >= 0.6 is 11.3 Å². The van der Waals surface area contributed by atoms with E-state index in [-0.39, 0.29) is 0 Å². The van der Waals surface area contributed by atoms with Gasteiger partial charge in [-0.1, -0.05) is 115 Å². The van der Waals surface area contributed by atoms with Gasteiger partial charge in [0.15, 0.2) is 23.1 Å². The van der Waals surface area contributed by atoms with Gasteiger partial charge in [-0.15, -0.1) is 11.3 Å². The number of nitrogens with zero attached hydrogens (tertiary/aromatic N) is 4. The molecule has 52 heavy (non-hydrogen) atoms. The van der Waals surface area contributed by atoms with Gasteiger partial charge in [0, 0.05) is 42.4 Å². The van der Waals surface area contributed by atoms with Crippen molar-refractivity contribution in [3.8, 4) is 45.6 Å². The molecule has 0 bridgehead atoms. The number of hydrogen-bond donors (Lipinski definition) is 0. The molecule has 0 fully saturated rings. The molecule has 3 aromatic heterocycles. The molecule has 11 rings (SSSR count). The fourth-order valence-electron chi connectivity index (χ4n) is 7.41. The summed E-state index contributed by atoms with van der Waals surface area (Å²) in [6, 6.07) is 54.6. The van der Waals surface area contributed by atoms with Gasteiger partial charge in [-0.25, -0.2) is 19.9 Å². The molecule has 0 amide bonds. The minimum absolute atomic E-state index is 0.622. The third-order valence-corrected chi connectivity index (χ3v) is 11.0. The molecule has 0 unspecified atom stereocenters. The van der Waals surface area contributed by atoms with Gasteiger partial charge in [0.2, 0.25) is 5.89 Å². The summed E-state index contributed by atoms with van der Waals surface area (Å²) < 4.78 is 8.68. The summed E-state index contributed by atoms with van der Waals surface area (Å²) in [7, 11) is 0. The van der Waals surface area contributed by atoms with Crippen molar-refractivity contribution in [3.63, 3.8) is 0 Å². The van der Waals surface area contributed by atoms with Crippen molar-refractivity contribution in [3.05, 3.63) is 158 Å². The zero-order chi connectivity index (χ0) is 34.2. The quantitative estimate of drug-likeness (QED) is 0.173. The normalized spacial score (nSPS) is 11.8. The van der Waals surface area contributed by atoms with Crippen LogP contribution in [-0.4, -0.2) is 19.9 Å². The predicted molar refractivity (Wildman–Crippen MR) is 215 cm³/mol. The zero-order valence-electron chi connectivity index (χ0n) is 27.6. The van der Waals surface area contributed by atoms with Crippen LogP contribution in [-0.2, 0) is 0 Å². The monoisotopic (exact) mass is 682 g/mol. The van der Waals surface area contributed by atoms with Crippen molar-refractivity contribution < 1.29 is 4.42 Å². The second-order valence-corrected chi connectivity index (χ2v) is 14.1. The van der Waals surface area contributed by atoms with Crippen molar-refractivity contribution in [2.24, 2.45) is 0 Å². The van der Waals surface area contributed by atoms with Gasteiger partial charge in [-0.2, -0.15) is 0 Å². The molecule has 6 heteroatoms. The largest absolute Gasteiger partial charge is 0.436 e. The summed E-state index contributed by atoms with van der Waals surface area (Å²) in [5.41, 5.74) is 5.41. The molecular weight excluding hydrogens is 657 g/mol. The Bertz CT molecular complexity index is 3190. The van der Waals surface area contributed by atoms with Gasteiger partial charge in [0.1, 0.15) is 5.52 Å². The van der Waals surface area contributed by atoms with E-state index in [0.717, 1.165) is 60.3 Å². The first kappa shape index (κ1) is 29.0. The fourth-order valence-corrected chi connectivity index (χ4v) is 8.53. The van der Waals surface area contributed by atoms with Crippen LogP contribution in [0.2, 0.25) is 0 Å². The number of fused-ring (bicyclic) bond motifs is 10. The summed E-state index contributed by atoms with van der Waals surface area (Å²) in [4.78, 5) is 20.3. The summed E-state index contributed by atoms with van der Waals surface area (Å²) in [5.74, 6) is 2.52. The Balaban J connectivity index is 1.12. The number of hydrogen-bond acceptors (Lipinski definition) is 6. The van der Waals surface area contributed by atoms with E-state index in [9.17, 15) is 0 Å². The third-order valence-electron chi connectivity index (χ3n) is 9.93. The van der Waals surface area contributed by atoms with Gasteiger partial charge in [0.25, 0.3) is 0 Å². The predicted octanol–water partition coefficient (Wildman–Crippen LogP) is 12.5. The number of benzene rings is 8. The second-order valence-electron chi connectivity index (χ2n) is 13.0. The first-order chi connectivity index (χ1) is 25.7. The van der Waals surface area contributed by atoms with E-state index in [2.05, 4.69) is 91.0 Å². The maximum atomic E-state index is 6.31. The lowest BCUT2D eigenvalue weighted by Gasteiger charge is -2.11. The molecule has 8 aromatic carbocycles. The SMILES string of the molecule is c1ccc(-c2nc(-c3ccc4c(ccc5ccccc54)c3)nc(-c3ccc4ccc5sc6ccc7oc(-c8ccccc8)nc7c6c5c4c3)n2)cc1. The Morgan fingerprint density at radius 3 is 1.79 bits per heavy atom. The lowest BCUT2D eigenvalue weighted by Crippen LogP contribution is -2.00. The Hall–Kier alpha value is -6.76. The Morgan fingerprint density at radius 1 is 0.385 bits per heavy atom. The first-order valence-electron chi connectivity index (χ1n) is 17.2. The summed E-state index contributed by atoms with van der Waals surface area (Å²) in [6.07, 6.45) is 0. The average molecular weight is 683 g/mol. The van der Waals surface area contributed by atoms with Crippen LogP contribution < -0.4 is 0 Å². The van der Waals surface area contributed by atoms with Gasteiger partial charge < -0.3 is 4.42 Å². The Kier molecular flexibility index (Phi) is 6.35. The zero-order valence-corrected chi connectivity index (χ0v) is 28.4. The first-order valence-corrected chi connectivity index (χ1v) is 18.0. The topological polar surface area (TPSA) is 64.7 Å². The number of oxazole rings is 1. The van der Waals surface area contributed by atoms with Crippen LogP contribution in [0.5, 0.6) is 0 Å². The average Bonchev–Trinajstić information content (AvgIpc) is 3.83. The lowest BCUT2D eigenvalue weighted by molar-refractivity contribution is 0.620. The highest BCUT2D eigenvalue weighted by molar-refractivity contribution is 7.26. The molecule has 0 atom stereocenters. The third kappa shape index (κ3) is 4.62. The van der Waals surface area contributed by atoms with E-state index in [4.69, 9.17) is 24.4 Å². The van der Waals surface area contributed by atoms with Crippen LogP contribution in [0, 0.1) is 0 Å². The number of thiophene rings is 1. The molecule has 0 N–H and O–H groups in total. The molecular formula is C46H26N4OS. The van der Waals surface area contributed by atoms with Crippen LogP contribution in [0.4, 0.5) is 0 Å². The van der Waals surface area contributed by atoms with Gasteiger partial charge >= 0.3 is 0 Å². The summed E-state index contributed by atoms with van der Waals surface area (Å²) in [6.45, 7) is 0. The number of aromatic nitrogens is 4. The maximum Gasteiger partial charge on any atom is 0.227 e. The molecule has 0 aliphatic heterocycles. The van der Waals surface area contributed by atoms with Crippen LogP contribution in [0.1, 0.15) is 0 Å². The van der Waals surface area contributed by atoms with E-state index < -0.39 is 0 Å². The molecule has 0 aliphatic carbocycles. The molecule has 3 heterocycles. The van der Waals surface area contributed by atoms with Crippen molar-refractivity contribution in [1.29, 1.82) is 0 Å². The van der Waals surface area contributed by atoms with E-state index in [1.54, 1.807) is 11.3 Å². The van der Waals surface area contributed by atoms with E-state index in [1.165, 1.54) is 25.6 Å². The molecule has 242 valence electrons. The maximum absolute atomic E-state index is 6.31. The van der Waals surface area contributed by atoms with Crippen LogP contribution in [0.25, 0.3) is 109 Å². The second kappa shape index (κ2) is 11.4. The van der Waals surface area contributed by atoms with Crippen molar-refractivity contribution in [2.75, 3.05) is 0 Å². The fraction of sp³-hybridized carbons (Fsp3) is 0. The highest BCUT2D eigenvalue weighted by Gasteiger charge is 2.19. The molecule has 5 nitrogen and oxygen atoms in total. The highest BCUT2D eigenvalue weighted by Crippen LogP contribution is 2.43. The number of rotatable bonds is 4. The standard InChI is InChI=1S/C46H26N4OS/c1-3-10-29(11-4-1)43-48-44(32-19-21-35-31(25-32)17-15-27-9-7-8-14-34(27)35)50-45(49-43)33-18-16-28-20-23-38-40(36(28)26-33)41-39(52-38)24-22-37-42(41)47-46(51-37)30-12-5-2-6-13-30/h1-26H. The van der Waals surface area contributed by atoms with Crippen molar-refractivity contribution in [2.45, 2.75) is 0 Å². The molecule has 0 saturated heterocycles. The molecule has 0 radical (unpaired) electrons. The van der Waals surface area contributed by atoms with Gasteiger partial charge in [-0.3, -0.25) is 0 Å². The Morgan fingerprint density at radius 2 is 0.962 bits per heavy atom. The smallest absolute Gasteiger partial charge is 0.227 e. The van der Waals surface area contributed by atoms with Gasteiger partial charge in [-0.05, 0) is 74.8 Å². The van der Waals surface area contributed by atoms with E-state index in [0.29, 0.717) is 23.4 Å². The minimum atomic E-state index is 0.622. The van der Waals surface area contributed by atoms with Crippen molar-refractivity contribution in [1.82, 2.24) is 19.9 Å². The molecule has 0 aliphatic rings. The van der Waals surface area contributed by atoms with E-state index >= 15 is 0 Å². The van der Waals surface area contributed by atoms with Gasteiger partial charge in [0.05, 0.1) is 0 Å². The van der Waals surface area contributed by atoms with Crippen LogP contribution in [0.15, 0.2) is 162 Å².